The van der Waals surface area contributed by atoms with Crippen LogP contribution >= 0.6 is 27.3 Å². The number of hydrogen-bond donors (Lipinski definition) is 1. The first-order valence-corrected chi connectivity index (χ1v) is 9.88. The number of carbonyl (C=O) groups is 2. The number of alkyl halides is 1. The van der Waals surface area contributed by atoms with Crippen LogP contribution in [0.5, 0.6) is 0 Å². The zero-order valence-corrected chi connectivity index (χ0v) is 17.7. The molecule has 2 heterocycles. The molecule has 144 valence electrons. The smallest absolute Gasteiger partial charge is 0.273 e. The van der Waals surface area contributed by atoms with Gasteiger partial charge < -0.3 is 24.7 Å². The number of nitrogens with zero attached hydrogens (tertiary/aromatic N) is 5. The van der Waals surface area contributed by atoms with Crippen LogP contribution in [0.4, 0.5) is 0 Å². The standard InChI is InChI=1S/C16H24BrN5O3S/c1-11-8-18-12(26-11)9-22-13(15(25)19(2)6-5-7-23)14(20(3)10-24)21(4)16(22)17/h8,10,16,23H,5-7,9H2,1-4H3. The second-order valence-corrected chi connectivity index (χ2v) is 8.24. The van der Waals surface area contributed by atoms with Crippen molar-refractivity contribution >= 4 is 39.6 Å². The Labute approximate surface area is 165 Å². The quantitative estimate of drug-likeness (QED) is 0.364. The van der Waals surface area contributed by atoms with Gasteiger partial charge in [0.1, 0.15) is 16.5 Å². The minimum absolute atomic E-state index is 0.0147. The first-order valence-electron chi connectivity index (χ1n) is 8.15. The van der Waals surface area contributed by atoms with Gasteiger partial charge in [-0.2, -0.15) is 0 Å². The van der Waals surface area contributed by atoms with E-state index in [1.54, 1.807) is 36.5 Å². The van der Waals surface area contributed by atoms with E-state index in [0.717, 1.165) is 9.88 Å². The lowest BCUT2D eigenvalue weighted by Crippen LogP contribution is -2.38. The van der Waals surface area contributed by atoms with Crippen LogP contribution in [0.3, 0.4) is 0 Å². The van der Waals surface area contributed by atoms with Gasteiger partial charge in [-0.1, -0.05) is 0 Å². The highest BCUT2D eigenvalue weighted by atomic mass is 79.9. The van der Waals surface area contributed by atoms with E-state index in [4.69, 9.17) is 5.11 Å². The molecule has 0 saturated heterocycles. The highest BCUT2D eigenvalue weighted by molar-refractivity contribution is 9.09. The lowest BCUT2D eigenvalue weighted by Gasteiger charge is -2.28. The average Bonchev–Trinajstić information content (AvgIpc) is 3.14. The number of aryl methyl sites for hydroxylation is 1. The van der Waals surface area contributed by atoms with E-state index in [-0.39, 0.29) is 17.6 Å². The average molecular weight is 446 g/mol. The van der Waals surface area contributed by atoms with Gasteiger partial charge in [0.2, 0.25) is 6.41 Å². The second kappa shape index (κ2) is 8.83. The fourth-order valence-corrected chi connectivity index (χ4v) is 4.09. The third-order valence-electron chi connectivity index (χ3n) is 4.08. The summed E-state index contributed by atoms with van der Waals surface area (Å²) in [5.41, 5.74) is 0.428. The zero-order chi connectivity index (χ0) is 19.4. The second-order valence-electron chi connectivity index (χ2n) is 6.11. The molecular formula is C16H24BrN5O3S. The summed E-state index contributed by atoms with van der Waals surface area (Å²) >= 11 is 5.19. The predicted octanol–water partition coefficient (Wildman–Crippen LogP) is 0.976. The molecule has 1 aromatic rings. The molecule has 0 bridgehead atoms. The molecule has 0 spiro atoms. The van der Waals surface area contributed by atoms with Crippen LogP contribution in [-0.4, -0.2) is 81.4 Å². The summed E-state index contributed by atoms with van der Waals surface area (Å²) in [5.74, 6) is 0.320. The van der Waals surface area contributed by atoms with Gasteiger partial charge in [0.15, 0.2) is 5.08 Å². The maximum absolute atomic E-state index is 13.1. The SMILES string of the molecule is Cc1cnc(CN2C(C(=O)N(C)CCCO)=C(N(C)C=O)N(C)C2Br)s1. The highest BCUT2D eigenvalue weighted by Crippen LogP contribution is 2.35. The van der Waals surface area contributed by atoms with E-state index in [9.17, 15) is 9.59 Å². The van der Waals surface area contributed by atoms with Crippen LogP contribution < -0.4 is 0 Å². The molecule has 1 N–H and O–H groups in total. The maximum atomic E-state index is 13.1. The summed E-state index contributed by atoms with van der Waals surface area (Å²) in [6, 6.07) is 0. The Balaban J connectivity index is 2.41. The third-order valence-corrected chi connectivity index (χ3v) is 6.08. The number of rotatable bonds is 8. The molecule has 2 rings (SSSR count). The number of aliphatic hydroxyl groups is 1. The van der Waals surface area contributed by atoms with E-state index < -0.39 is 0 Å². The van der Waals surface area contributed by atoms with Crippen molar-refractivity contribution in [3.8, 4) is 0 Å². The molecule has 1 aliphatic heterocycles. The normalized spacial score (nSPS) is 17.1. The number of halogens is 1. The van der Waals surface area contributed by atoms with Crippen molar-refractivity contribution in [3.05, 3.63) is 27.6 Å². The molecule has 10 heteroatoms. The summed E-state index contributed by atoms with van der Waals surface area (Å²) in [7, 11) is 5.14. The van der Waals surface area contributed by atoms with Crippen molar-refractivity contribution in [2.45, 2.75) is 25.0 Å². The summed E-state index contributed by atoms with van der Waals surface area (Å²) in [4.78, 5) is 36.7. The minimum Gasteiger partial charge on any atom is -0.396 e. The molecule has 1 unspecified atom stereocenters. The van der Waals surface area contributed by atoms with E-state index in [1.165, 1.54) is 4.90 Å². The van der Waals surface area contributed by atoms with Crippen LogP contribution in [0.15, 0.2) is 17.7 Å². The minimum atomic E-state index is -0.283. The number of hydrogen-bond acceptors (Lipinski definition) is 7. The number of amides is 2. The van der Waals surface area contributed by atoms with Crippen LogP contribution in [0.1, 0.15) is 16.3 Å². The van der Waals surface area contributed by atoms with E-state index in [1.807, 2.05) is 23.8 Å². The van der Waals surface area contributed by atoms with Gasteiger partial charge in [-0.15, -0.1) is 11.3 Å². The molecule has 0 fully saturated rings. The van der Waals surface area contributed by atoms with Crippen molar-refractivity contribution in [2.75, 3.05) is 34.3 Å². The fourth-order valence-electron chi connectivity index (χ4n) is 2.76. The summed E-state index contributed by atoms with van der Waals surface area (Å²) in [6.07, 6.45) is 2.98. The van der Waals surface area contributed by atoms with E-state index in [0.29, 0.717) is 37.4 Å². The molecular weight excluding hydrogens is 422 g/mol. The van der Waals surface area contributed by atoms with E-state index >= 15 is 0 Å². The van der Waals surface area contributed by atoms with Crippen LogP contribution in [0.25, 0.3) is 0 Å². The first kappa shape index (κ1) is 20.7. The topological polar surface area (TPSA) is 80.2 Å². The summed E-state index contributed by atoms with van der Waals surface area (Å²) in [6.45, 7) is 2.88. The molecule has 1 atom stereocenters. The zero-order valence-electron chi connectivity index (χ0n) is 15.3. The predicted molar refractivity (Wildman–Crippen MR) is 103 cm³/mol. The number of likely N-dealkylation sites (N-methyl/N-ethyl adjacent to an activating group) is 1. The fraction of sp³-hybridized carbons (Fsp3) is 0.562. The van der Waals surface area contributed by atoms with Crippen LogP contribution in [0.2, 0.25) is 0 Å². The largest absolute Gasteiger partial charge is 0.396 e. The van der Waals surface area contributed by atoms with Gasteiger partial charge in [0.05, 0.1) is 6.54 Å². The molecule has 0 saturated carbocycles. The van der Waals surface area contributed by atoms with Crippen molar-refractivity contribution < 1.29 is 14.7 Å². The Morgan fingerprint density at radius 1 is 1.50 bits per heavy atom. The molecule has 26 heavy (non-hydrogen) atoms. The lowest BCUT2D eigenvalue weighted by atomic mass is 10.3. The number of thiazole rings is 1. The summed E-state index contributed by atoms with van der Waals surface area (Å²) in [5, 5.41) is 9.64. The maximum Gasteiger partial charge on any atom is 0.273 e. The van der Waals surface area contributed by atoms with Gasteiger partial charge in [0, 0.05) is 45.4 Å². The van der Waals surface area contributed by atoms with Gasteiger partial charge >= 0.3 is 0 Å². The molecule has 0 radical (unpaired) electrons. The molecule has 2 amide bonds. The number of aromatic nitrogens is 1. The number of carbonyl (C=O) groups excluding carboxylic acids is 2. The molecule has 1 aliphatic rings. The Morgan fingerprint density at radius 3 is 2.73 bits per heavy atom. The third kappa shape index (κ3) is 4.18. The molecule has 1 aromatic heterocycles. The van der Waals surface area contributed by atoms with Gasteiger partial charge in [-0.3, -0.25) is 9.59 Å². The van der Waals surface area contributed by atoms with Crippen molar-refractivity contribution in [1.29, 1.82) is 0 Å². The Bertz CT molecular complexity index is 695. The van der Waals surface area contributed by atoms with Crippen molar-refractivity contribution in [2.24, 2.45) is 0 Å². The Kier molecular flexibility index (Phi) is 7.01. The van der Waals surface area contributed by atoms with Crippen LogP contribution in [0, 0.1) is 6.92 Å². The van der Waals surface area contributed by atoms with Crippen molar-refractivity contribution in [1.82, 2.24) is 24.6 Å². The molecule has 8 nitrogen and oxygen atoms in total. The van der Waals surface area contributed by atoms with Crippen molar-refractivity contribution in [3.63, 3.8) is 0 Å². The van der Waals surface area contributed by atoms with Gasteiger partial charge in [-0.25, -0.2) is 4.98 Å². The monoisotopic (exact) mass is 445 g/mol. The lowest BCUT2D eigenvalue weighted by molar-refractivity contribution is -0.127. The number of aliphatic hydroxyl groups excluding tert-OH is 1. The van der Waals surface area contributed by atoms with E-state index in [2.05, 4.69) is 20.9 Å². The highest BCUT2D eigenvalue weighted by Gasteiger charge is 2.41. The summed E-state index contributed by atoms with van der Waals surface area (Å²) < 4.78 is 0. The Hall–Kier alpha value is -1.65. The molecule has 0 aliphatic carbocycles. The van der Waals surface area contributed by atoms with Gasteiger partial charge in [-0.05, 0) is 29.3 Å². The van der Waals surface area contributed by atoms with Crippen LogP contribution in [-0.2, 0) is 16.1 Å². The van der Waals surface area contributed by atoms with Gasteiger partial charge in [0.25, 0.3) is 5.91 Å². The molecule has 0 aromatic carbocycles. The first-order chi connectivity index (χ1) is 12.3. The Morgan fingerprint density at radius 2 is 2.19 bits per heavy atom.